The van der Waals surface area contributed by atoms with Crippen molar-refractivity contribution in [3.05, 3.63) is 0 Å². The highest BCUT2D eigenvalue weighted by molar-refractivity contribution is 5.98. The number of carbonyl (C=O) groups excluding carboxylic acids is 7. The van der Waals surface area contributed by atoms with E-state index in [1.165, 1.54) is 0 Å². The maximum atomic E-state index is 14.1. The van der Waals surface area contributed by atoms with Crippen molar-refractivity contribution in [1.82, 2.24) is 37.2 Å². The topological polar surface area (TPSA) is 386 Å². The van der Waals surface area contributed by atoms with Crippen LogP contribution in [0.1, 0.15) is 135 Å². The van der Waals surface area contributed by atoms with Gasteiger partial charge < -0.3 is 77.4 Å². The number of rotatable bonds is 28. The van der Waals surface area contributed by atoms with Gasteiger partial charge in [0, 0.05) is 0 Å². The van der Waals surface area contributed by atoms with Gasteiger partial charge in [-0.15, -0.1) is 0 Å². The summed E-state index contributed by atoms with van der Waals surface area (Å²) in [5.74, 6) is -4.48. The number of hydrogen-bond acceptors (Lipinski definition) is 14. The molecule has 0 aromatic rings. The molecule has 1 rings (SSSR count). The maximum Gasteiger partial charge on any atom is 0.243 e. The molecule has 1 aliphatic heterocycles. The molecule has 7 amide bonds. The van der Waals surface area contributed by atoms with E-state index in [1.54, 1.807) is 0 Å². The molecule has 364 valence electrons. The van der Waals surface area contributed by atoms with E-state index >= 15 is 0 Å². The van der Waals surface area contributed by atoms with E-state index in [9.17, 15) is 33.6 Å². The van der Waals surface area contributed by atoms with Crippen molar-refractivity contribution in [3.8, 4) is 0 Å². The summed E-state index contributed by atoms with van der Waals surface area (Å²) in [4.78, 5) is 98.9. The van der Waals surface area contributed by atoms with Gasteiger partial charge in [-0.05, 0) is 181 Å². The molecule has 0 bridgehead atoms. The van der Waals surface area contributed by atoms with E-state index in [0.717, 1.165) is 0 Å². The summed E-state index contributed by atoms with van der Waals surface area (Å²) in [7, 11) is 0. The zero-order valence-electron chi connectivity index (χ0n) is 37.7. The van der Waals surface area contributed by atoms with Crippen molar-refractivity contribution in [2.75, 3.05) is 45.8 Å². The number of carbonyl (C=O) groups is 7. The smallest absolute Gasteiger partial charge is 0.243 e. The van der Waals surface area contributed by atoms with E-state index in [4.69, 9.17) is 40.1 Å². The molecule has 63 heavy (non-hydrogen) atoms. The van der Waals surface area contributed by atoms with Crippen molar-refractivity contribution < 1.29 is 33.6 Å². The van der Waals surface area contributed by atoms with E-state index in [-0.39, 0.29) is 44.9 Å². The van der Waals surface area contributed by atoms with Gasteiger partial charge in [-0.2, -0.15) is 0 Å². The Balaban J connectivity index is 3.96. The zero-order chi connectivity index (χ0) is 46.8. The minimum atomic E-state index is -1.12. The lowest BCUT2D eigenvalue weighted by Gasteiger charge is -2.27. The number of unbranched alkanes of at least 4 members (excludes halogenated alkanes) is 7. The molecule has 0 radical (unpaired) electrons. The lowest BCUT2D eigenvalue weighted by Crippen LogP contribution is -2.59. The van der Waals surface area contributed by atoms with Crippen LogP contribution in [0.5, 0.6) is 0 Å². The number of hydrogen-bond donors (Lipinski definition) is 14. The summed E-state index contributed by atoms with van der Waals surface area (Å²) in [5, 5.41) is 19.7. The number of nitrogens with one attached hydrogen (secondary N) is 7. The molecular weight excluding hydrogens is 813 g/mol. The predicted molar refractivity (Wildman–Crippen MR) is 244 cm³/mol. The summed E-state index contributed by atoms with van der Waals surface area (Å²) in [5.41, 5.74) is 40.4. The first-order valence-corrected chi connectivity index (χ1v) is 23.4. The second kappa shape index (κ2) is 35.4. The Morgan fingerprint density at radius 1 is 0.222 bits per heavy atom. The largest absolute Gasteiger partial charge is 0.343 e. The molecule has 7 atom stereocenters. The first-order chi connectivity index (χ1) is 30.4. The van der Waals surface area contributed by atoms with E-state index < -0.39 is 83.6 Å². The van der Waals surface area contributed by atoms with Gasteiger partial charge in [-0.3, -0.25) is 33.6 Å². The van der Waals surface area contributed by atoms with Crippen molar-refractivity contribution in [2.24, 2.45) is 40.1 Å². The molecule has 1 saturated heterocycles. The summed E-state index contributed by atoms with van der Waals surface area (Å²) in [6.45, 7) is 2.42. The van der Waals surface area contributed by atoms with Crippen LogP contribution in [0.3, 0.4) is 0 Å². The molecule has 21 N–H and O–H groups in total. The Morgan fingerprint density at radius 2 is 0.333 bits per heavy atom. The van der Waals surface area contributed by atoms with Crippen LogP contribution in [0.15, 0.2) is 0 Å². The highest BCUT2D eigenvalue weighted by Gasteiger charge is 2.35. The Labute approximate surface area is 374 Å². The Hall–Kier alpha value is -3.99. The SMILES string of the molecule is NCCCC[C@@H]1NC(=O)[C@H](CCCCN)NC(=O)[C@H](CCCCN)NC(=O)[C@H](CCCCN)NC(=O)[C@H](CCCCN)NC(=O)[C@H](CCCCN)NC(=O)[C@H](CCCCN)NC1=O. The molecular formula is C42H84N14O7. The minimum absolute atomic E-state index is 0.176. The van der Waals surface area contributed by atoms with Gasteiger partial charge >= 0.3 is 0 Å². The summed E-state index contributed by atoms with van der Waals surface area (Å²) in [6.07, 6.45) is 8.37. The fourth-order valence-corrected chi connectivity index (χ4v) is 7.24. The summed E-state index contributed by atoms with van der Waals surface area (Å²) >= 11 is 0. The predicted octanol–water partition coefficient (Wildman–Crippen LogP) is -2.70. The summed E-state index contributed by atoms with van der Waals surface area (Å²) < 4.78 is 0. The van der Waals surface area contributed by atoms with E-state index in [0.29, 0.717) is 136 Å². The average molecular weight is 897 g/mol. The van der Waals surface area contributed by atoms with Gasteiger partial charge in [0.2, 0.25) is 41.4 Å². The van der Waals surface area contributed by atoms with Crippen LogP contribution in [0.25, 0.3) is 0 Å². The van der Waals surface area contributed by atoms with Crippen LogP contribution in [-0.2, 0) is 33.6 Å². The zero-order valence-corrected chi connectivity index (χ0v) is 37.7. The van der Waals surface area contributed by atoms with Crippen molar-refractivity contribution in [2.45, 2.75) is 177 Å². The third kappa shape index (κ3) is 24.0. The Bertz CT molecular complexity index is 1070. The van der Waals surface area contributed by atoms with Crippen LogP contribution in [-0.4, -0.2) is 129 Å². The highest BCUT2D eigenvalue weighted by atomic mass is 16.2. The lowest BCUT2D eigenvalue weighted by atomic mass is 10.0. The molecule has 21 nitrogen and oxygen atoms in total. The van der Waals surface area contributed by atoms with Gasteiger partial charge in [0.15, 0.2) is 0 Å². The molecule has 1 fully saturated rings. The van der Waals surface area contributed by atoms with E-state index in [2.05, 4.69) is 37.2 Å². The van der Waals surface area contributed by atoms with Gasteiger partial charge in [-0.25, -0.2) is 0 Å². The summed E-state index contributed by atoms with van der Waals surface area (Å²) in [6, 6.07) is -7.87. The molecule has 0 aliphatic carbocycles. The van der Waals surface area contributed by atoms with Crippen LogP contribution in [0, 0.1) is 0 Å². The molecule has 0 spiro atoms. The standard InChI is InChI=1S/C42H84N14O7/c43-22-8-1-15-29-36(57)51-31(17-3-10-24-45)38(59)53-33(19-5-12-26-47)40(61)55-35(21-7-14-28-49)42(63)56-34(20-6-13-27-48)41(62)54-32(18-4-11-25-46)39(60)52-30(37(58)50-29)16-2-9-23-44/h29-35H,1-28,43-49H2,(H,50,58)(H,51,57)(H,52,60)(H,53,59)(H,54,62)(H,55,61)(H,56,63)/t29-,30-,31-,32-,33-,34-,35-/m0/s1. The fraction of sp³-hybridized carbons (Fsp3) is 0.833. The molecule has 21 heteroatoms. The van der Waals surface area contributed by atoms with Gasteiger partial charge in [0.1, 0.15) is 42.3 Å². The van der Waals surface area contributed by atoms with Crippen LogP contribution >= 0.6 is 0 Å². The third-order valence-corrected chi connectivity index (χ3v) is 11.1. The second-order valence-electron chi connectivity index (χ2n) is 16.4. The minimum Gasteiger partial charge on any atom is -0.343 e. The van der Waals surface area contributed by atoms with Crippen LogP contribution < -0.4 is 77.4 Å². The average Bonchev–Trinajstić information content (AvgIpc) is 3.26. The molecule has 0 aromatic heterocycles. The quantitative estimate of drug-likeness (QED) is 0.0356. The third-order valence-electron chi connectivity index (χ3n) is 11.1. The van der Waals surface area contributed by atoms with Gasteiger partial charge in [-0.1, -0.05) is 0 Å². The van der Waals surface area contributed by atoms with Gasteiger partial charge in [0.05, 0.1) is 0 Å². The van der Waals surface area contributed by atoms with E-state index in [1.807, 2.05) is 0 Å². The molecule has 0 aromatic carbocycles. The van der Waals surface area contributed by atoms with Crippen LogP contribution in [0.4, 0.5) is 0 Å². The van der Waals surface area contributed by atoms with Gasteiger partial charge in [0.25, 0.3) is 0 Å². The van der Waals surface area contributed by atoms with Crippen molar-refractivity contribution in [1.29, 1.82) is 0 Å². The molecule has 0 unspecified atom stereocenters. The van der Waals surface area contributed by atoms with Crippen molar-refractivity contribution >= 4 is 41.4 Å². The Morgan fingerprint density at radius 3 is 0.429 bits per heavy atom. The monoisotopic (exact) mass is 897 g/mol. The fourth-order valence-electron chi connectivity index (χ4n) is 7.24. The van der Waals surface area contributed by atoms with Crippen LogP contribution in [0.2, 0.25) is 0 Å². The number of amides is 7. The molecule has 1 heterocycles. The number of nitrogens with two attached hydrogens (primary N) is 7. The Kier molecular flexibility index (Phi) is 32.0. The highest BCUT2D eigenvalue weighted by Crippen LogP contribution is 2.13. The molecule has 0 saturated carbocycles. The lowest BCUT2D eigenvalue weighted by molar-refractivity contribution is -0.135. The normalized spacial score (nSPS) is 23.7. The molecule has 1 aliphatic rings. The first kappa shape index (κ1) is 57.0. The first-order valence-electron chi connectivity index (χ1n) is 23.4. The van der Waals surface area contributed by atoms with Crippen molar-refractivity contribution in [3.63, 3.8) is 0 Å². The second-order valence-corrected chi connectivity index (χ2v) is 16.4. The maximum absolute atomic E-state index is 14.1.